The van der Waals surface area contributed by atoms with Crippen molar-refractivity contribution in [2.24, 2.45) is 17.3 Å². The molecule has 1 aromatic carbocycles. The molecule has 0 spiro atoms. The van der Waals surface area contributed by atoms with Crippen LogP contribution < -0.4 is 0 Å². The van der Waals surface area contributed by atoms with E-state index >= 15 is 0 Å². The van der Waals surface area contributed by atoms with Gasteiger partial charge in [-0.15, -0.1) is 0 Å². The van der Waals surface area contributed by atoms with Crippen LogP contribution in [-0.4, -0.2) is 35.1 Å². The van der Waals surface area contributed by atoms with E-state index in [9.17, 15) is 18.0 Å². The van der Waals surface area contributed by atoms with Crippen molar-refractivity contribution in [2.75, 3.05) is 0 Å². The number of Topliss-reactive ketones (excluding diaryl/α,β-unsaturated/α-hetero) is 2. The van der Waals surface area contributed by atoms with Gasteiger partial charge in [0, 0.05) is 24.0 Å². The largest absolute Gasteiger partial charge is 0.300 e. The number of sulfonamides is 1. The monoisotopic (exact) mass is 543 g/mol. The summed E-state index contributed by atoms with van der Waals surface area (Å²) in [5.74, 6) is -0.425. The van der Waals surface area contributed by atoms with Crippen LogP contribution in [0, 0.1) is 17.3 Å². The molecule has 0 bridgehead atoms. The molecule has 1 aromatic rings. The van der Waals surface area contributed by atoms with Gasteiger partial charge in [0.05, 0.1) is 20.8 Å². The predicted molar refractivity (Wildman–Crippen MR) is 144 cm³/mol. The molecule has 0 radical (unpaired) electrons. The zero-order valence-corrected chi connectivity index (χ0v) is 24.6. The molecule has 0 fully saturated rings. The quantitative estimate of drug-likeness (QED) is 0.352. The molecule has 2 rings (SSSR count). The van der Waals surface area contributed by atoms with Gasteiger partial charge in [0.1, 0.15) is 5.78 Å². The van der Waals surface area contributed by atoms with Crippen LogP contribution in [0.1, 0.15) is 86.8 Å². The van der Waals surface area contributed by atoms with Crippen LogP contribution in [-0.2, 0) is 19.6 Å². The molecule has 0 saturated heterocycles. The van der Waals surface area contributed by atoms with Gasteiger partial charge in [0.25, 0.3) is 0 Å². The molecule has 0 saturated carbocycles. The summed E-state index contributed by atoms with van der Waals surface area (Å²) in [7, 11) is -3.87. The highest BCUT2D eigenvalue weighted by Crippen LogP contribution is 2.48. The smallest absolute Gasteiger partial charge is 0.220 e. The molecule has 0 aliphatic carbocycles. The summed E-state index contributed by atoms with van der Waals surface area (Å²) in [5.41, 5.74) is 0.458. The van der Waals surface area contributed by atoms with Gasteiger partial charge < -0.3 is 0 Å². The lowest BCUT2D eigenvalue weighted by atomic mass is 9.85. The number of halogens is 2. The van der Waals surface area contributed by atoms with Crippen LogP contribution in [0.3, 0.4) is 0 Å². The molecule has 1 aliphatic rings. The second-order valence-corrected chi connectivity index (χ2v) is 15.4. The second kappa shape index (κ2) is 10.6. The third kappa shape index (κ3) is 6.57. The Labute approximate surface area is 221 Å². The summed E-state index contributed by atoms with van der Waals surface area (Å²) in [4.78, 5) is 26.1. The van der Waals surface area contributed by atoms with E-state index in [4.69, 9.17) is 23.2 Å². The summed E-state index contributed by atoms with van der Waals surface area (Å²) < 4.78 is 28.3. The van der Waals surface area contributed by atoms with Crippen molar-refractivity contribution >= 4 is 44.8 Å². The molecule has 3 atom stereocenters. The highest BCUT2D eigenvalue weighted by Gasteiger charge is 2.52. The molecule has 0 N–H and O–H groups in total. The number of benzene rings is 1. The zero-order valence-electron chi connectivity index (χ0n) is 22.3. The van der Waals surface area contributed by atoms with Gasteiger partial charge in [0.2, 0.25) is 10.0 Å². The van der Waals surface area contributed by atoms with Crippen molar-refractivity contribution in [2.45, 2.75) is 92.0 Å². The minimum absolute atomic E-state index is 0.0386. The van der Waals surface area contributed by atoms with Crippen molar-refractivity contribution in [3.63, 3.8) is 0 Å². The molecule has 8 heteroatoms. The molecule has 1 aliphatic heterocycles. The average Bonchev–Trinajstić information content (AvgIpc) is 3.10. The highest BCUT2D eigenvalue weighted by molar-refractivity contribution is 7.90. The second-order valence-electron chi connectivity index (χ2n) is 12.0. The summed E-state index contributed by atoms with van der Waals surface area (Å²) in [6, 6.07) is 3.53. The van der Waals surface area contributed by atoms with Crippen LogP contribution in [0.15, 0.2) is 29.8 Å². The molecule has 196 valence electrons. The lowest BCUT2D eigenvalue weighted by Crippen LogP contribution is -2.51. The van der Waals surface area contributed by atoms with Crippen molar-refractivity contribution in [3.8, 4) is 0 Å². The minimum atomic E-state index is -3.87. The van der Waals surface area contributed by atoms with Crippen LogP contribution >= 0.6 is 23.2 Å². The van der Waals surface area contributed by atoms with Crippen molar-refractivity contribution in [3.05, 3.63) is 45.5 Å². The topological polar surface area (TPSA) is 71.5 Å². The van der Waals surface area contributed by atoms with Crippen LogP contribution in [0.5, 0.6) is 0 Å². The Bertz CT molecular complexity index is 1110. The molecule has 35 heavy (non-hydrogen) atoms. The lowest BCUT2D eigenvalue weighted by molar-refractivity contribution is -0.125. The first-order valence-electron chi connectivity index (χ1n) is 12.0. The Morgan fingerprint density at radius 1 is 1.03 bits per heavy atom. The van der Waals surface area contributed by atoms with E-state index in [0.29, 0.717) is 22.6 Å². The molecular weight excluding hydrogens is 505 g/mol. The Morgan fingerprint density at radius 3 is 2.03 bits per heavy atom. The number of carbonyl (C=O) groups excluding carboxylic acids is 2. The fraction of sp³-hybridized carbons (Fsp3) is 0.630. The van der Waals surface area contributed by atoms with Gasteiger partial charge >= 0.3 is 0 Å². The van der Waals surface area contributed by atoms with Gasteiger partial charge in [-0.25, -0.2) is 8.42 Å². The van der Waals surface area contributed by atoms with Gasteiger partial charge in [-0.3, -0.25) is 9.59 Å². The number of carbonyl (C=O) groups is 2. The number of nitrogens with zero attached hydrogens (tertiary/aromatic N) is 1. The summed E-state index contributed by atoms with van der Waals surface area (Å²) in [6.07, 6.45) is 2.42. The first-order chi connectivity index (χ1) is 15.8. The average molecular weight is 545 g/mol. The predicted octanol–water partition coefficient (Wildman–Crippen LogP) is 7.03. The molecule has 1 heterocycles. The lowest BCUT2D eigenvalue weighted by Gasteiger charge is -2.40. The van der Waals surface area contributed by atoms with E-state index in [-0.39, 0.29) is 28.9 Å². The first-order valence-corrected chi connectivity index (χ1v) is 14.2. The zero-order chi connectivity index (χ0) is 27.1. The fourth-order valence-corrected chi connectivity index (χ4v) is 6.55. The van der Waals surface area contributed by atoms with E-state index in [2.05, 4.69) is 0 Å². The number of rotatable bonds is 8. The Balaban J connectivity index is 2.74. The van der Waals surface area contributed by atoms with E-state index in [1.54, 1.807) is 45.0 Å². The summed E-state index contributed by atoms with van der Waals surface area (Å²) in [5, 5.41) is 0.626. The number of hydrogen-bond donors (Lipinski definition) is 0. The van der Waals surface area contributed by atoms with Gasteiger partial charge in [0.15, 0.2) is 5.78 Å². The van der Waals surface area contributed by atoms with Gasteiger partial charge in [-0.2, -0.15) is 4.31 Å². The normalized spacial score (nSPS) is 20.7. The maximum absolute atomic E-state index is 14.0. The molecule has 0 aromatic heterocycles. The van der Waals surface area contributed by atoms with E-state index in [1.807, 2.05) is 34.6 Å². The third-order valence-corrected chi connectivity index (χ3v) is 9.72. The van der Waals surface area contributed by atoms with Crippen LogP contribution in [0.4, 0.5) is 0 Å². The highest BCUT2D eigenvalue weighted by atomic mass is 35.5. The SMILES string of the molecule is CC(=O)[C@@H](CC(=O)C1=C[C@@H](C(C)(C)C)N(S(=O)(=O)C(C)(C)C)C1c1ccc(Cl)c(Cl)c1)CC(C)C. The maximum Gasteiger partial charge on any atom is 0.220 e. The Kier molecular flexibility index (Phi) is 9.13. The van der Waals surface area contributed by atoms with Crippen molar-refractivity contribution < 1.29 is 18.0 Å². The fourth-order valence-electron chi connectivity index (χ4n) is 4.43. The van der Waals surface area contributed by atoms with Crippen molar-refractivity contribution in [1.82, 2.24) is 4.31 Å². The van der Waals surface area contributed by atoms with Crippen molar-refractivity contribution in [1.29, 1.82) is 0 Å². The first kappa shape index (κ1) is 30.0. The molecule has 1 unspecified atom stereocenters. The van der Waals surface area contributed by atoms with Crippen LogP contribution in [0.25, 0.3) is 0 Å². The summed E-state index contributed by atoms with van der Waals surface area (Å²) >= 11 is 12.5. The molecule has 0 amide bonds. The standard InChI is InChI=1S/C27H39Cl2NO4S/c1-16(2)12-19(17(3)31)14-23(32)20-15-24(26(4,5)6)30(35(33,34)27(7,8)9)25(20)18-10-11-21(28)22(29)13-18/h10-11,13,15-16,19,24-25H,12,14H2,1-9H3/t19-,24+,25?/m1/s1. The summed E-state index contributed by atoms with van der Waals surface area (Å²) in [6.45, 7) is 16.4. The van der Waals surface area contributed by atoms with Gasteiger partial charge in [-0.05, 0) is 63.1 Å². The van der Waals surface area contributed by atoms with Gasteiger partial charge in [-0.1, -0.05) is 70.0 Å². The Hall–Kier alpha value is -1.21. The minimum Gasteiger partial charge on any atom is -0.300 e. The van der Waals surface area contributed by atoms with Crippen LogP contribution in [0.2, 0.25) is 10.0 Å². The Morgan fingerprint density at radius 2 is 1.60 bits per heavy atom. The van der Waals surface area contributed by atoms with E-state index in [0.717, 1.165) is 0 Å². The third-order valence-electron chi connectivity index (χ3n) is 6.44. The number of hydrogen-bond acceptors (Lipinski definition) is 4. The number of ketones is 2. The van der Waals surface area contributed by atoms with E-state index in [1.165, 1.54) is 11.2 Å². The van der Waals surface area contributed by atoms with E-state index < -0.39 is 38.2 Å². The molecule has 5 nitrogen and oxygen atoms in total. The maximum atomic E-state index is 14.0. The molecular formula is C27H39Cl2NO4S.